The van der Waals surface area contributed by atoms with Gasteiger partial charge < -0.3 is 10.2 Å². The van der Waals surface area contributed by atoms with E-state index in [9.17, 15) is 18.0 Å². The van der Waals surface area contributed by atoms with Gasteiger partial charge in [0.25, 0.3) is 0 Å². The SMILES string of the molecule is O=C(O)CCCCCC[C@@H]1C(=O)CC[C@H]1C=Cc1ccc(S(=O)(=O)CO)cc1. The highest BCUT2D eigenvalue weighted by molar-refractivity contribution is 7.91. The Bertz CT molecular complexity index is 795. The summed E-state index contributed by atoms with van der Waals surface area (Å²) < 4.78 is 23.2. The Labute approximate surface area is 166 Å². The van der Waals surface area contributed by atoms with E-state index >= 15 is 0 Å². The highest BCUT2D eigenvalue weighted by atomic mass is 32.2. The number of benzene rings is 1. The zero-order valence-electron chi connectivity index (χ0n) is 15.9. The van der Waals surface area contributed by atoms with E-state index in [4.69, 9.17) is 10.2 Å². The van der Waals surface area contributed by atoms with E-state index in [-0.39, 0.29) is 23.2 Å². The molecular formula is C21H28O6S. The largest absolute Gasteiger partial charge is 0.481 e. The van der Waals surface area contributed by atoms with Gasteiger partial charge in [0.1, 0.15) is 11.7 Å². The van der Waals surface area contributed by atoms with Gasteiger partial charge in [0.05, 0.1) is 4.90 Å². The normalized spacial score (nSPS) is 20.1. The topological polar surface area (TPSA) is 109 Å². The average molecular weight is 409 g/mol. The van der Waals surface area contributed by atoms with Crippen LogP contribution in [0.15, 0.2) is 35.2 Å². The Morgan fingerprint density at radius 3 is 2.43 bits per heavy atom. The quantitative estimate of drug-likeness (QED) is 0.543. The van der Waals surface area contributed by atoms with Gasteiger partial charge in [-0.25, -0.2) is 8.42 Å². The number of aliphatic carboxylic acids is 1. The second kappa shape index (κ2) is 10.5. The van der Waals surface area contributed by atoms with Crippen molar-refractivity contribution >= 4 is 27.7 Å². The lowest BCUT2D eigenvalue weighted by Crippen LogP contribution is -2.13. The molecule has 0 unspecified atom stereocenters. The first-order valence-electron chi connectivity index (χ1n) is 9.70. The third kappa shape index (κ3) is 6.56. The molecule has 1 aliphatic rings. The van der Waals surface area contributed by atoms with Crippen LogP contribution in [0.1, 0.15) is 56.9 Å². The van der Waals surface area contributed by atoms with Crippen LogP contribution in [-0.2, 0) is 19.4 Å². The molecule has 28 heavy (non-hydrogen) atoms. The molecule has 2 rings (SSSR count). The molecule has 2 atom stereocenters. The minimum absolute atomic E-state index is 0.0183. The summed E-state index contributed by atoms with van der Waals surface area (Å²) in [6.45, 7) is 0. The van der Waals surface area contributed by atoms with Gasteiger partial charge in [-0.1, -0.05) is 43.5 Å². The zero-order chi connectivity index (χ0) is 20.6. The molecule has 7 heteroatoms. The summed E-state index contributed by atoms with van der Waals surface area (Å²) in [4.78, 5) is 22.8. The second-order valence-electron chi connectivity index (χ2n) is 7.29. The number of hydrogen-bond donors (Lipinski definition) is 2. The first kappa shape index (κ1) is 22.3. The van der Waals surface area contributed by atoms with Gasteiger partial charge in [-0.15, -0.1) is 0 Å². The fourth-order valence-corrected chi connectivity index (χ4v) is 4.33. The Balaban J connectivity index is 1.87. The van der Waals surface area contributed by atoms with Crippen molar-refractivity contribution in [2.24, 2.45) is 11.8 Å². The number of rotatable bonds is 11. The minimum atomic E-state index is -3.63. The third-order valence-electron chi connectivity index (χ3n) is 5.26. The van der Waals surface area contributed by atoms with Gasteiger partial charge in [0.2, 0.25) is 9.84 Å². The van der Waals surface area contributed by atoms with Crippen molar-refractivity contribution < 1.29 is 28.2 Å². The summed E-state index contributed by atoms with van der Waals surface area (Å²) >= 11 is 0. The second-order valence-corrected chi connectivity index (χ2v) is 9.25. The van der Waals surface area contributed by atoms with Gasteiger partial charge in [-0.05, 0) is 42.9 Å². The molecule has 0 amide bonds. The molecule has 6 nitrogen and oxygen atoms in total. The predicted molar refractivity (Wildman–Crippen MR) is 106 cm³/mol. The van der Waals surface area contributed by atoms with Crippen molar-refractivity contribution in [3.8, 4) is 0 Å². The van der Waals surface area contributed by atoms with Gasteiger partial charge in [0, 0.05) is 18.8 Å². The number of aliphatic hydroxyl groups is 1. The molecule has 1 saturated carbocycles. The highest BCUT2D eigenvalue weighted by Gasteiger charge is 2.32. The van der Waals surface area contributed by atoms with E-state index in [1.807, 2.05) is 12.2 Å². The summed E-state index contributed by atoms with van der Waals surface area (Å²) in [6.07, 6.45) is 9.82. The maximum atomic E-state index is 12.2. The number of sulfone groups is 1. The molecule has 1 aliphatic carbocycles. The Hall–Kier alpha value is -1.99. The van der Waals surface area contributed by atoms with Crippen LogP contribution >= 0.6 is 0 Å². The lowest BCUT2D eigenvalue weighted by atomic mass is 9.89. The average Bonchev–Trinajstić information content (AvgIpc) is 3.02. The number of ketones is 1. The van der Waals surface area contributed by atoms with E-state index < -0.39 is 21.7 Å². The fourth-order valence-electron chi connectivity index (χ4n) is 3.63. The number of carboxylic acid groups (broad SMARTS) is 1. The van der Waals surface area contributed by atoms with Gasteiger partial charge in [-0.2, -0.15) is 0 Å². The standard InChI is InChI=1S/C21H28O6S/c22-15-28(26,27)18-12-8-16(9-13-18)7-10-17-11-14-20(23)19(17)5-3-1-2-4-6-21(24)25/h7-10,12-13,17,19,22H,1-6,11,14-15H2,(H,24,25)/t17-,19+/m1/s1. The van der Waals surface area contributed by atoms with Crippen molar-refractivity contribution in [2.45, 2.75) is 56.3 Å². The van der Waals surface area contributed by atoms with Crippen LogP contribution in [0.5, 0.6) is 0 Å². The van der Waals surface area contributed by atoms with Crippen molar-refractivity contribution in [1.29, 1.82) is 0 Å². The highest BCUT2D eigenvalue weighted by Crippen LogP contribution is 2.34. The van der Waals surface area contributed by atoms with E-state index in [2.05, 4.69) is 0 Å². The van der Waals surface area contributed by atoms with Crippen LogP contribution < -0.4 is 0 Å². The van der Waals surface area contributed by atoms with Crippen LogP contribution in [0.3, 0.4) is 0 Å². The summed E-state index contributed by atoms with van der Waals surface area (Å²) in [6, 6.07) is 6.32. The van der Waals surface area contributed by atoms with Crippen LogP contribution in [0.4, 0.5) is 0 Å². The van der Waals surface area contributed by atoms with Gasteiger partial charge >= 0.3 is 5.97 Å². The maximum absolute atomic E-state index is 12.2. The minimum Gasteiger partial charge on any atom is -0.481 e. The summed E-state index contributed by atoms with van der Waals surface area (Å²) in [5.74, 6) is -1.18. The van der Waals surface area contributed by atoms with Crippen molar-refractivity contribution in [3.05, 3.63) is 35.9 Å². The zero-order valence-corrected chi connectivity index (χ0v) is 16.7. The summed E-state index contributed by atoms with van der Waals surface area (Å²) in [5.41, 5.74) is 0.851. The molecule has 154 valence electrons. The molecule has 1 aromatic carbocycles. The van der Waals surface area contributed by atoms with E-state index in [0.29, 0.717) is 18.6 Å². The van der Waals surface area contributed by atoms with Crippen LogP contribution in [-0.4, -0.2) is 36.3 Å². The number of carbonyl (C=O) groups excluding carboxylic acids is 1. The predicted octanol–water partition coefficient (Wildman–Crippen LogP) is 3.44. The monoisotopic (exact) mass is 408 g/mol. The molecule has 1 fully saturated rings. The van der Waals surface area contributed by atoms with E-state index in [1.165, 1.54) is 12.1 Å². The molecule has 0 aliphatic heterocycles. The molecule has 0 spiro atoms. The van der Waals surface area contributed by atoms with E-state index in [1.54, 1.807) is 12.1 Å². The van der Waals surface area contributed by atoms with Gasteiger partial charge in [-0.3, -0.25) is 9.59 Å². The number of carbonyl (C=O) groups is 2. The molecule has 2 N–H and O–H groups in total. The number of Topliss-reactive ketones (excluding diaryl/α,β-unsaturated/α-hetero) is 1. The molecule has 0 bridgehead atoms. The number of carboxylic acids is 1. The Kier molecular flexibility index (Phi) is 8.38. The van der Waals surface area contributed by atoms with Crippen molar-refractivity contribution in [1.82, 2.24) is 0 Å². The Morgan fingerprint density at radius 1 is 1.11 bits per heavy atom. The smallest absolute Gasteiger partial charge is 0.303 e. The molecule has 0 saturated heterocycles. The molecule has 0 heterocycles. The number of aliphatic hydroxyl groups excluding tert-OH is 1. The fraction of sp³-hybridized carbons (Fsp3) is 0.524. The lowest BCUT2D eigenvalue weighted by Gasteiger charge is -2.14. The van der Waals surface area contributed by atoms with Crippen molar-refractivity contribution in [3.63, 3.8) is 0 Å². The first-order chi connectivity index (χ1) is 13.3. The van der Waals surface area contributed by atoms with Crippen LogP contribution in [0.2, 0.25) is 0 Å². The molecule has 0 radical (unpaired) electrons. The number of allylic oxidation sites excluding steroid dienone is 1. The lowest BCUT2D eigenvalue weighted by molar-refractivity contribution is -0.137. The Morgan fingerprint density at radius 2 is 1.79 bits per heavy atom. The van der Waals surface area contributed by atoms with Crippen LogP contribution in [0.25, 0.3) is 6.08 Å². The first-order valence-corrected chi connectivity index (χ1v) is 11.3. The number of unbranched alkanes of at least 4 members (excludes halogenated alkanes) is 3. The van der Waals surface area contributed by atoms with E-state index in [0.717, 1.165) is 37.7 Å². The third-order valence-corrected chi connectivity index (χ3v) is 6.59. The molecular weight excluding hydrogens is 380 g/mol. The summed E-state index contributed by atoms with van der Waals surface area (Å²) in [7, 11) is -3.63. The maximum Gasteiger partial charge on any atom is 0.303 e. The van der Waals surface area contributed by atoms with Crippen molar-refractivity contribution in [2.75, 3.05) is 5.94 Å². The number of hydrogen-bond acceptors (Lipinski definition) is 5. The summed E-state index contributed by atoms with van der Waals surface area (Å²) in [5, 5.41) is 17.5. The molecule has 1 aromatic rings. The van der Waals surface area contributed by atoms with Crippen LogP contribution in [0, 0.1) is 11.8 Å². The molecule has 0 aromatic heterocycles. The van der Waals surface area contributed by atoms with Gasteiger partial charge in [0.15, 0.2) is 0 Å².